The third kappa shape index (κ3) is 6.18. The van der Waals surface area contributed by atoms with Crippen LogP contribution >= 0.6 is 11.8 Å². The molecule has 0 saturated carbocycles. The van der Waals surface area contributed by atoms with Gasteiger partial charge in [-0.3, -0.25) is 4.79 Å². The minimum atomic E-state index is -5.03. The van der Waals surface area contributed by atoms with Crippen LogP contribution in [-0.2, 0) is 34.0 Å². The van der Waals surface area contributed by atoms with E-state index >= 15 is 0 Å². The number of para-hydroxylation sites is 1. The summed E-state index contributed by atoms with van der Waals surface area (Å²) >= 11 is 1.03. The van der Waals surface area contributed by atoms with E-state index in [0.29, 0.717) is 26.3 Å². The van der Waals surface area contributed by atoms with Gasteiger partial charge in [0.05, 0.1) is 10.4 Å². The van der Waals surface area contributed by atoms with Gasteiger partial charge in [-0.25, -0.2) is 18.1 Å². The second-order valence-corrected chi connectivity index (χ2v) is 11.1. The third-order valence-corrected chi connectivity index (χ3v) is 8.17. The van der Waals surface area contributed by atoms with Crippen molar-refractivity contribution >= 4 is 38.6 Å². The van der Waals surface area contributed by atoms with Crippen LogP contribution in [0.25, 0.3) is 10.9 Å². The SMILES string of the molecule is O=C(N1CCc2ccc(S(=O)(=O)NCCSc3cc(C(F)(F)F)nc4ccccc34)cc2C1)C(F)(F)F. The van der Waals surface area contributed by atoms with Crippen molar-refractivity contribution in [3.8, 4) is 0 Å². The fourth-order valence-electron chi connectivity index (χ4n) is 3.88. The Kier molecular flexibility index (Phi) is 7.45. The van der Waals surface area contributed by atoms with E-state index in [9.17, 15) is 39.6 Å². The van der Waals surface area contributed by atoms with Crippen LogP contribution < -0.4 is 4.72 Å². The Morgan fingerprint density at radius 1 is 1.03 bits per heavy atom. The lowest BCUT2D eigenvalue weighted by molar-refractivity contribution is -0.186. The summed E-state index contributed by atoms with van der Waals surface area (Å²) in [4.78, 5) is 15.9. The Labute approximate surface area is 212 Å². The van der Waals surface area contributed by atoms with Crippen LogP contribution in [0, 0.1) is 0 Å². The fraction of sp³-hybridized carbons (Fsp3) is 0.304. The summed E-state index contributed by atoms with van der Waals surface area (Å²) < 4.78 is 106. The molecular weight excluding hydrogens is 544 g/mol. The van der Waals surface area contributed by atoms with E-state index in [2.05, 4.69) is 9.71 Å². The van der Waals surface area contributed by atoms with Crippen LogP contribution in [0.15, 0.2) is 58.3 Å². The van der Waals surface area contributed by atoms with Crippen LogP contribution in [0.4, 0.5) is 26.3 Å². The number of rotatable bonds is 6. The molecule has 0 aliphatic carbocycles. The Morgan fingerprint density at radius 3 is 2.46 bits per heavy atom. The number of nitrogens with one attached hydrogen (secondary N) is 1. The number of sulfonamides is 1. The Bertz CT molecular complexity index is 1440. The number of hydrogen-bond acceptors (Lipinski definition) is 5. The molecule has 14 heteroatoms. The number of alkyl halides is 6. The third-order valence-electron chi connectivity index (χ3n) is 5.65. The van der Waals surface area contributed by atoms with Gasteiger partial charge in [0.1, 0.15) is 5.69 Å². The molecule has 1 aliphatic heterocycles. The zero-order chi connectivity index (χ0) is 27.0. The van der Waals surface area contributed by atoms with Gasteiger partial charge in [0.2, 0.25) is 10.0 Å². The van der Waals surface area contributed by atoms with Gasteiger partial charge < -0.3 is 4.90 Å². The van der Waals surface area contributed by atoms with Gasteiger partial charge in [-0.1, -0.05) is 24.3 Å². The molecule has 1 aliphatic rings. The molecular formula is C23H19F6N3O3S2. The van der Waals surface area contributed by atoms with Gasteiger partial charge >= 0.3 is 18.3 Å². The number of thioether (sulfide) groups is 1. The number of nitrogens with zero attached hydrogens (tertiary/aromatic N) is 2. The molecule has 0 atom stereocenters. The number of benzene rings is 2. The average molecular weight is 564 g/mol. The molecule has 1 N–H and O–H groups in total. The van der Waals surface area contributed by atoms with Crippen molar-refractivity contribution in [3.63, 3.8) is 0 Å². The number of hydrogen-bond donors (Lipinski definition) is 1. The Morgan fingerprint density at radius 2 is 1.76 bits per heavy atom. The van der Waals surface area contributed by atoms with Gasteiger partial charge in [-0.15, -0.1) is 11.8 Å². The van der Waals surface area contributed by atoms with Crippen LogP contribution in [-0.4, -0.2) is 49.2 Å². The molecule has 1 amide bonds. The first-order chi connectivity index (χ1) is 17.3. The molecule has 0 unspecified atom stereocenters. The number of aromatic nitrogens is 1. The minimum absolute atomic E-state index is 0.101. The van der Waals surface area contributed by atoms with Crippen LogP contribution in [0.2, 0.25) is 0 Å². The first kappa shape index (κ1) is 27.2. The summed E-state index contributed by atoms with van der Waals surface area (Å²) in [5, 5.41) is 0.496. The molecule has 4 rings (SSSR count). The van der Waals surface area contributed by atoms with Crippen LogP contribution in [0.3, 0.4) is 0 Å². The molecule has 0 radical (unpaired) electrons. The number of carbonyl (C=O) groups excluding carboxylic acids is 1. The van der Waals surface area contributed by atoms with E-state index < -0.39 is 34.0 Å². The first-order valence-corrected chi connectivity index (χ1v) is 13.3. The molecule has 37 heavy (non-hydrogen) atoms. The highest BCUT2D eigenvalue weighted by atomic mass is 32.2. The number of fused-ring (bicyclic) bond motifs is 2. The molecule has 0 saturated heterocycles. The lowest BCUT2D eigenvalue weighted by atomic mass is 10.00. The second-order valence-electron chi connectivity index (χ2n) is 8.17. The fourth-order valence-corrected chi connectivity index (χ4v) is 6.04. The van der Waals surface area contributed by atoms with Crippen molar-refractivity contribution in [2.45, 2.75) is 35.1 Å². The lowest BCUT2D eigenvalue weighted by Gasteiger charge is -2.29. The summed E-state index contributed by atoms with van der Waals surface area (Å²) in [6.45, 7) is -0.628. The first-order valence-electron chi connectivity index (χ1n) is 10.8. The van der Waals surface area contributed by atoms with Crippen LogP contribution in [0.1, 0.15) is 16.8 Å². The summed E-state index contributed by atoms with van der Waals surface area (Å²) in [5.41, 5.74) is 0.0451. The zero-order valence-corrected chi connectivity index (χ0v) is 20.5. The molecule has 1 aromatic heterocycles. The van der Waals surface area contributed by atoms with E-state index in [1.807, 2.05) is 0 Å². The number of pyridine rings is 1. The smallest absolute Gasteiger partial charge is 0.330 e. The molecule has 6 nitrogen and oxygen atoms in total. The van der Waals surface area contributed by atoms with Gasteiger partial charge in [0, 0.05) is 35.7 Å². The Hall–Kier alpha value is -2.84. The molecule has 0 spiro atoms. The topological polar surface area (TPSA) is 79.4 Å². The Balaban J connectivity index is 1.44. The predicted octanol–water partition coefficient (Wildman–Crippen LogP) is 4.77. The number of amides is 1. The normalized spacial score (nSPS) is 14.6. The zero-order valence-electron chi connectivity index (χ0n) is 18.9. The number of halogens is 6. The summed E-state index contributed by atoms with van der Waals surface area (Å²) in [7, 11) is -4.07. The molecule has 198 valence electrons. The van der Waals surface area contributed by atoms with E-state index in [4.69, 9.17) is 0 Å². The maximum Gasteiger partial charge on any atom is 0.471 e. The summed E-state index contributed by atoms with van der Waals surface area (Å²) in [5.74, 6) is -1.89. The standard InChI is InChI=1S/C23H19F6N3O3S2/c24-22(25,26)20-12-19(17-3-1-2-4-18(17)31-20)36-10-8-30-37(34,35)16-6-5-14-7-9-32(13-15(14)11-16)21(33)23(27,28)29/h1-6,11-12,30H,7-10,13H2. The summed E-state index contributed by atoms with van der Waals surface area (Å²) in [6.07, 6.45) is -9.52. The molecule has 3 aromatic rings. The minimum Gasteiger partial charge on any atom is -0.330 e. The predicted molar refractivity (Wildman–Crippen MR) is 124 cm³/mol. The number of carbonyl (C=O) groups is 1. The molecule has 0 bridgehead atoms. The highest BCUT2D eigenvalue weighted by molar-refractivity contribution is 7.99. The molecule has 2 aromatic carbocycles. The monoisotopic (exact) mass is 563 g/mol. The molecule has 2 heterocycles. The maximum atomic E-state index is 13.2. The van der Waals surface area contributed by atoms with Crippen molar-refractivity contribution in [1.82, 2.24) is 14.6 Å². The molecule has 0 fully saturated rings. The van der Waals surface area contributed by atoms with Gasteiger partial charge in [-0.2, -0.15) is 26.3 Å². The van der Waals surface area contributed by atoms with Gasteiger partial charge in [0.25, 0.3) is 0 Å². The second kappa shape index (κ2) is 10.1. The highest BCUT2D eigenvalue weighted by Gasteiger charge is 2.43. The van der Waals surface area contributed by atoms with Crippen molar-refractivity contribution in [1.29, 1.82) is 0 Å². The van der Waals surface area contributed by atoms with E-state index in [1.165, 1.54) is 24.3 Å². The van der Waals surface area contributed by atoms with E-state index in [1.54, 1.807) is 18.2 Å². The van der Waals surface area contributed by atoms with Gasteiger partial charge in [0.15, 0.2) is 0 Å². The van der Waals surface area contributed by atoms with Crippen molar-refractivity contribution < 1.29 is 39.6 Å². The lowest BCUT2D eigenvalue weighted by Crippen LogP contribution is -2.43. The van der Waals surface area contributed by atoms with Crippen molar-refractivity contribution in [3.05, 3.63) is 65.4 Å². The maximum absolute atomic E-state index is 13.2. The quantitative estimate of drug-likeness (QED) is 0.266. The van der Waals surface area contributed by atoms with E-state index in [0.717, 1.165) is 17.8 Å². The van der Waals surface area contributed by atoms with Crippen molar-refractivity contribution in [2.24, 2.45) is 0 Å². The van der Waals surface area contributed by atoms with Crippen LogP contribution in [0.5, 0.6) is 0 Å². The van der Waals surface area contributed by atoms with E-state index in [-0.39, 0.29) is 42.2 Å². The summed E-state index contributed by atoms with van der Waals surface area (Å²) in [6, 6.07) is 11.3. The van der Waals surface area contributed by atoms with Crippen molar-refractivity contribution in [2.75, 3.05) is 18.8 Å². The average Bonchev–Trinajstić information content (AvgIpc) is 2.84. The highest BCUT2D eigenvalue weighted by Crippen LogP contribution is 2.35. The largest absolute Gasteiger partial charge is 0.471 e. The van der Waals surface area contributed by atoms with Gasteiger partial charge in [-0.05, 0) is 41.8 Å².